The first-order valence-corrected chi connectivity index (χ1v) is 6.33. The molecular formula is C15H18O3. The Morgan fingerprint density at radius 2 is 1.83 bits per heavy atom. The van der Waals surface area contributed by atoms with E-state index < -0.39 is 5.97 Å². The zero-order valence-electron chi connectivity index (χ0n) is 10.8. The van der Waals surface area contributed by atoms with E-state index in [1.54, 1.807) is 0 Å². The average molecular weight is 246 g/mol. The van der Waals surface area contributed by atoms with Crippen LogP contribution < -0.4 is 0 Å². The molecule has 3 heteroatoms. The highest BCUT2D eigenvalue weighted by atomic mass is 16.4. The molecule has 0 heterocycles. The lowest BCUT2D eigenvalue weighted by atomic mass is 9.91. The third-order valence-corrected chi connectivity index (χ3v) is 3.81. The number of carboxylic acid groups (broad SMARTS) is 1. The second-order valence-electron chi connectivity index (χ2n) is 5.23. The summed E-state index contributed by atoms with van der Waals surface area (Å²) in [6.45, 7) is 3.89. The molecule has 0 spiro atoms. The van der Waals surface area contributed by atoms with Gasteiger partial charge in [-0.1, -0.05) is 17.7 Å². The molecule has 1 aliphatic carbocycles. The molecule has 96 valence electrons. The Morgan fingerprint density at radius 3 is 2.44 bits per heavy atom. The molecule has 1 N–H and O–H groups in total. The fourth-order valence-corrected chi connectivity index (χ4v) is 2.67. The molecule has 0 saturated heterocycles. The van der Waals surface area contributed by atoms with Crippen molar-refractivity contribution in [2.24, 2.45) is 11.8 Å². The van der Waals surface area contributed by atoms with Crippen molar-refractivity contribution in [3.8, 4) is 0 Å². The van der Waals surface area contributed by atoms with Gasteiger partial charge < -0.3 is 5.11 Å². The van der Waals surface area contributed by atoms with E-state index >= 15 is 0 Å². The van der Waals surface area contributed by atoms with Gasteiger partial charge in [0.1, 0.15) is 0 Å². The van der Waals surface area contributed by atoms with Crippen molar-refractivity contribution in [1.29, 1.82) is 0 Å². The van der Waals surface area contributed by atoms with Gasteiger partial charge in [0.2, 0.25) is 0 Å². The van der Waals surface area contributed by atoms with Gasteiger partial charge in [-0.3, -0.25) is 9.59 Å². The zero-order valence-corrected chi connectivity index (χ0v) is 10.8. The quantitative estimate of drug-likeness (QED) is 0.834. The number of ketones is 1. The Hall–Kier alpha value is -1.64. The number of hydrogen-bond acceptors (Lipinski definition) is 2. The van der Waals surface area contributed by atoms with Crippen LogP contribution in [0.5, 0.6) is 0 Å². The summed E-state index contributed by atoms with van der Waals surface area (Å²) in [4.78, 5) is 23.3. The molecule has 1 saturated carbocycles. The molecule has 1 aliphatic rings. The number of aryl methyl sites for hydroxylation is 2. The number of benzene rings is 1. The van der Waals surface area contributed by atoms with E-state index in [2.05, 4.69) is 0 Å². The van der Waals surface area contributed by atoms with E-state index in [1.165, 1.54) is 0 Å². The predicted molar refractivity (Wildman–Crippen MR) is 68.7 cm³/mol. The van der Waals surface area contributed by atoms with Gasteiger partial charge >= 0.3 is 5.97 Å². The summed E-state index contributed by atoms with van der Waals surface area (Å²) in [5, 5.41) is 8.97. The maximum Gasteiger partial charge on any atom is 0.306 e. The van der Waals surface area contributed by atoms with E-state index in [1.807, 2.05) is 32.0 Å². The Labute approximate surface area is 107 Å². The number of hydrogen-bond donors (Lipinski definition) is 1. The van der Waals surface area contributed by atoms with Crippen molar-refractivity contribution >= 4 is 11.8 Å². The highest BCUT2D eigenvalue weighted by Crippen LogP contribution is 2.34. The number of Topliss-reactive ketones (excluding diaryl/α,β-unsaturated/α-hetero) is 1. The van der Waals surface area contributed by atoms with E-state index in [0.717, 1.165) is 16.7 Å². The van der Waals surface area contributed by atoms with Crippen LogP contribution in [-0.4, -0.2) is 16.9 Å². The molecule has 2 unspecified atom stereocenters. The van der Waals surface area contributed by atoms with Gasteiger partial charge in [0.25, 0.3) is 0 Å². The van der Waals surface area contributed by atoms with E-state index in [4.69, 9.17) is 5.11 Å². The maximum absolute atomic E-state index is 12.4. The van der Waals surface area contributed by atoms with Crippen molar-refractivity contribution in [3.05, 3.63) is 34.9 Å². The van der Waals surface area contributed by atoms with Crippen LogP contribution in [-0.2, 0) is 4.79 Å². The first-order valence-electron chi connectivity index (χ1n) is 6.33. The number of carboxylic acids is 1. The Bertz CT molecular complexity index is 491. The lowest BCUT2D eigenvalue weighted by Gasteiger charge is -2.11. The standard InChI is InChI=1S/C15H18O3/c1-9-3-4-10(2)13(7-9)14(16)11-5-6-12(8-11)15(17)18/h3-4,7,11-12H,5-6,8H2,1-2H3,(H,17,18). The van der Waals surface area contributed by atoms with Crippen molar-refractivity contribution in [1.82, 2.24) is 0 Å². The third-order valence-electron chi connectivity index (χ3n) is 3.81. The van der Waals surface area contributed by atoms with Crippen molar-refractivity contribution in [2.45, 2.75) is 33.1 Å². The Morgan fingerprint density at radius 1 is 1.17 bits per heavy atom. The molecule has 0 aromatic heterocycles. The van der Waals surface area contributed by atoms with Gasteiger partial charge in [-0.05, 0) is 44.7 Å². The minimum absolute atomic E-state index is 0.111. The van der Waals surface area contributed by atoms with Crippen LogP contribution in [0.15, 0.2) is 18.2 Å². The summed E-state index contributed by atoms with van der Waals surface area (Å²) in [6, 6.07) is 5.85. The molecule has 3 nitrogen and oxygen atoms in total. The minimum atomic E-state index is -0.772. The molecule has 2 atom stereocenters. The molecule has 0 aliphatic heterocycles. The van der Waals surface area contributed by atoms with Gasteiger partial charge in [-0.15, -0.1) is 0 Å². The summed E-state index contributed by atoms with van der Waals surface area (Å²) in [6.07, 6.45) is 1.81. The number of rotatable bonds is 3. The topological polar surface area (TPSA) is 54.4 Å². The number of carbonyl (C=O) groups is 2. The molecule has 2 rings (SSSR count). The number of aliphatic carboxylic acids is 1. The van der Waals surface area contributed by atoms with Crippen molar-refractivity contribution in [2.75, 3.05) is 0 Å². The Balaban J connectivity index is 2.17. The van der Waals surface area contributed by atoms with E-state index in [-0.39, 0.29) is 17.6 Å². The van der Waals surface area contributed by atoms with Gasteiger partial charge in [-0.25, -0.2) is 0 Å². The van der Waals surface area contributed by atoms with Crippen molar-refractivity contribution < 1.29 is 14.7 Å². The first kappa shape index (κ1) is 12.8. The van der Waals surface area contributed by atoms with Crippen LogP contribution in [0.2, 0.25) is 0 Å². The summed E-state index contributed by atoms with van der Waals surface area (Å²) in [5.41, 5.74) is 2.80. The van der Waals surface area contributed by atoms with Crippen LogP contribution in [0.3, 0.4) is 0 Å². The van der Waals surface area contributed by atoms with Crippen LogP contribution in [0.4, 0.5) is 0 Å². The second kappa shape index (κ2) is 4.92. The smallest absolute Gasteiger partial charge is 0.306 e. The lowest BCUT2D eigenvalue weighted by Crippen LogP contribution is -2.15. The molecule has 1 aromatic rings. The lowest BCUT2D eigenvalue weighted by molar-refractivity contribution is -0.141. The van der Waals surface area contributed by atoms with Crippen molar-refractivity contribution in [3.63, 3.8) is 0 Å². The van der Waals surface area contributed by atoms with E-state index in [0.29, 0.717) is 19.3 Å². The number of carbonyl (C=O) groups excluding carboxylic acids is 1. The van der Waals surface area contributed by atoms with Crippen LogP contribution >= 0.6 is 0 Å². The van der Waals surface area contributed by atoms with Crippen LogP contribution in [0.1, 0.15) is 40.7 Å². The monoisotopic (exact) mass is 246 g/mol. The molecule has 1 fully saturated rings. The molecule has 0 radical (unpaired) electrons. The van der Waals surface area contributed by atoms with E-state index in [9.17, 15) is 9.59 Å². The SMILES string of the molecule is Cc1ccc(C)c(C(=O)C2CCC(C(=O)O)C2)c1. The fraction of sp³-hybridized carbons (Fsp3) is 0.467. The second-order valence-corrected chi connectivity index (χ2v) is 5.23. The van der Waals surface area contributed by atoms with Gasteiger partial charge in [0, 0.05) is 11.5 Å². The zero-order chi connectivity index (χ0) is 13.3. The minimum Gasteiger partial charge on any atom is -0.481 e. The predicted octanol–water partition coefficient (Wildman–Crippen LogP) is 2.99. The Kier molecular flexibility index (Phi) is 3.50. The van der Waals surface area contributed by atoms with Crippen LogP contribution in [0, 0.1) is 25.7 Å². The molecule has 1 aromatic carbocycles. The highest BCUT2D eigenvalue weighted by molar-refractivity contribution is 5.99. The highest BCUT2D eigenvalue weighted by Gasteiger charge is 2.34. The average Bonchev–Trinajstić information content (AvgIpc) is 2.81. The summed E-state index contributed by atoms with van der Waals surface area (Å²) < 4.78 is 0. The van der Waals surface area contributed by atoms with Crippen LogP contribution in [0.25, 0.3) is 0 Å². The fourth-order valence-electron chi connectivity index (χ4n) is 2.67. The maximum atomic E-state index is 12.4. The van der Waals surface area contributed by atoms with Gasteiger partial charge in [0.15, 0.2) is 5.78 Å². The third kappa shape index (κ3) is 2.45. The molecule has 0 amide bonds. The molecule has 0 bridgehead atoms. The van der Waals surface area contributed by atoms with Gasteiger partial charge in [-0.2, -0.15) is 0 Å². The largest absolute Gasteiger partial charge is 0.481 e. The van der Waals surface area contributed by atoms with Gasteiger partial charge in [0.05, 0.1) is 5.92 Å². The summed E-state index contributed by atoms with van der Waals surface area (Å²) in [5.74, 6) is -1.12. The summed E-state index contributed by atoms with van der Waals surface area (Å²) >= 11 is 0. The normalized spacial score (nSPS) is 23.0. The molecular weight excluding hydrogens is 228 g/mol. The summed E-state index contributed by atoms with van der Waals surface area (Å²) in [7, 11) is 0. The first-order chi connectivity index (χ1) is 8.49. The molecule has 18 heavy (non-hydrogen) atoms.